The van der Waals surface area contributed by atoms with E-state index >= 15 is 0 Å². The van der Waals surface area contributed by atoms with E-state index in [4.69, 9.17) is 14.2 Å². The molecule has 1 unspecified atom stereocenters. The Hall–Kier alpha value is -2.28. The first-order valence-corrected chi connectivity index (χ1v) is 8.36. The lowest BCUT2D eigenvalue weighted by Gasteiger charge is -2.20. The topological polar surface area (TPSA) is 85.9 Å². The molecule has 2 amide bonds. The lowest BCUT2D eigenvalue weighted by atomic mass is 10.1. The fourth-order valence-corrected chi connectivity index (χ4v) is 2.52. The van der Waals surface area contributed by atoms with Gasteiger partial charge in [0.1, 0.15) is 11.4 Å². The molecule has 1 aromatic carbocycles. The summed E-state index contributed by atoms with van der Waals surface area (Å²) in [5, 5.41) is 5.46. The number of hydrogen-bond donors (Lipinski definition) is 2. The van der Waals surface area contributed by atoms with Crippen LogP contribution >= 0.6 is 0 Å². The summed E-state index contributed by atoms with van der Waals surface area (Å²) in [7, 11) is 1.51. The number of ether oxygens (including phenoxy) is 3. The van der Waals surface area contributed by atoms with Gasteiger partial charge >= 0.3 is 6.09 Å². The zero-order valence-corrected chi connectivity index (χ0v) is 15.2. The molecule has 0 aromatic heterocycles. The number of methoxy groups -OCH3 is 1. The number of benzene rings is 1. The molecule has 25 heavy (non-hydrogen) atoms. The van der Waals surface area contributed by atoms with Crippen molar-refractivity contribution in [2.24, 2.45) is 0 Å². The number of amides is 2. The maximum Gasteiger partial charge on any atom is 0.412 e. The predicted octanol–water partition coefficient (Wildman–Crippen LogP) is 3.55. The zero-order valence-electron chi connectivity index (χ0n) is 15.2. The maximum absolute atomic E-state index is 12.1. The third-order valence-corrected chi connectivity index (χ3v) is 3.56. The van der Waals surface area contributed by atoms with Crippen molar-refractivity contribution in [2.45, 2.75) is 51.7 Å². The highest BCUT2D eigenvalue weighted by atomic mass is 16.6. The summed E-state index contributed by atoms with van der Waals surface area (Å²) in [5.74, 6) is 0.350. The molecule has 0 aliphatic carbocycles. The summed E-state index contributed by atoms with van der Waals surface area (Å²) in [4.78, 5) is 24.1. The van der Waals surface area contributed by atoms with Gasteiger partial charge in [-0.05, 0) is 51.8 Å². The molecule has 1 saturated heterocycles. The minimum absolute atomic E-state index is 0.0161. The summed E-state index contributed by atoms with van der Waals surface area (Å²) in [5.41, 5.74) is 0.381. The number of hydrogen-bond acceptors (Lipinski definition) is 5. The van der Waals surface area contributed by atoms with Crippen LogP contribution in [0.1, 0.15) is 40.0 Å². The molecule has 1 aliphatic rings. The van der Waals surface area contributed by atoms with E-state index in [1.807, 2.05) is 0 Å². The van der Waals surface area contributed by atoms with Crippen LogP contribution in [0.3, 0.4) is 0 Å². The Bertz CT molecular complexity index is 618. The fraction of sp³-hybridized carbons (Fsp3) is 0.556. The fourth-order valence-electron chi connectivity index (χ4n) is 2.52. The Morgan fingerprint density at radius 1 is 1.28 bits per heavy atom. The second-order valence-electron chi connectivity index (χ2n) is 6.93. The van der Waals surface area contributed by atoms with Crippen molar-refractivity contribution >= 4 is 23.4 Å². The molecule has 1 aliphatic heterocycles. The monoisotopic (exact) mass is 350 g/mol. The van der Waals surface area contributed by atoms with Gasteiger partial charge < -0.3 is 19.5 Å². The summed E-state index contributed by atoms with van der Waals surface area (Å²) < 4.78 is 15.9. The minimum atomic E-state index is -0.607. The average Bonchev–Trinajstić information content (AvgIpc) is 2.98. The molecule has 1 atom stereocenters. The van der Waals surface area contributed by atoms with Crippen molar-refractivity contribution in [3.8, 4) is 5.75 Å². The molecule has 1 heterocycles. The Morgan fingerprint density at radius 3 is 2.64 bits per heavy atom. The molecule has 1 fully saturated rings. The first-order valence-electron chi connectivity index (χ1n) is 8.36. The van der Waals surface area contributed by atoms with Crippen molar-refractivity contribution in [3.63, 3.8) is 0 Å². The highest BCUT2D eigenvalue weighted by Gasteiger charge is 2.20. The molecule has 138 valence electrons. The molecule has 0 spiro atoms. The molecule has 2 rings (SSSR count). The number of nitrogens with one attached hydrogen (secondary N) is 2. The van der Waals surface area contributed by atoms with E-state index in [1.54, 1.807) is 39.0 Å². The highest BCUT2D eigenvalue weighted by Crippen LogP contribution is 2.28. The van der Waals surface area contributed by atoms with Crippen LogP contribution in [-0.2, 0) is 14.3 Å². The largest absolute Gasteiger partial charge is 0.495 e. The van der Waals surface area contributed by atoms with Crippen LogP contribution in [-0.4, -0.2) is 37.4 Å². The normalized spacial score (nSPS) is 17.0. The van der Waals surface area contributed by atoms with E-state index in [2.05, 4.69) is 10.6 Å². The van der Waals surface area contributed by atoms with Gasteiger partial charge in [-0.2, -0.15) is 0 Å². The summed E-state index contributed by atoms with van der Waals surface area (Å²) >= 11 is 0. The average molecular weight is 350 g/mol. The molecule has 2 N–H and O–H groups in total. The second kappa shape index (κ2) is 8.20. The van der Waals surface area contributed by atoms with Crippen molar-refractivity contribution < 1.29 is 23.8 Å². The molecule has 0 saturated carbocycles. The van der Waals surface area contributed by atoms with Gasteiger partial charge in [-0.1, -0.05) is 0 Å². The van der Waals surface area contributed by atoms with E-state index < -0.39 is 11.7 Å². The van der Waals surface area contributed by atoms with Crippen LogP contribution < -0.4 is 15.4 Å². The van der Waals surface area contributed by atoms with Crippen LogP contribution in [0.2, 0.25) is 0 Å². The first kappa shape index (κ1) is 19.1. The van der Waals surface area contributed by atoms with Crippen LogP contribution in [0, 0.1) is 0 Å². The number of carbonyl (C=O) groups is 2. The summed E-state index contributed by atoms with van der Waals surface area (Å²) in [6.07, 6.45) is 1.61. The number of carbonyl (C=O) groups excluding carboxylic acids is 2. The van der Waals surface area contributed by atoms with Crippen molar-refractivity contribution in [1.29, 1.82) is 0 Å². The van der Waals surface area contributed by atoms with Gasteiger partial charge in [-0.25, -0.2) is 4.79 Å². The lowest BCUT2D eigenvalue weighted by Crippen LogP contribution is -2.27. The van der Waals surface area contributed by atoms with Gasteiger partial charge in [0.25, 0.3) is 0 Å². The van der Waals surface area contributed by atoms with E-state index in [0.717, 1.165) is 12.8 Å². The van der Waals surface area contributed by atoms with Crippen LogP contribution in [0.15, 0.2) is 18.2 Å². The highest BCUT2D eigenvalue weighted by molar-refractivity contribution is 5.93. The predicted molar refractivity (Wildman–Crippen MR) is 95.1 cm³/mol. The van der Waals surface area contributed by atoms with Crippen LogP contribution in [0.4, 0.5) is 16.2 Å². The van der Waals surface area contributed by atoms with Crippen molar-refractivity contribution in [1.82, 2.24) is 0 Å². The van der Waals surface area contributed by atoms with Crippen molar-refractivity contribution in [3.05, 3.63) is 18.2 Å². The molecule has 0 bridgehead atoms. The third-order valence-electron chi connectivity index (χ3n) is 3.56. The van der Waals surface area contributed by atoms with Gasteiger partial charge in [0.05, 0.1) is 25.3 Å². The van der Waals surface area contributed by atoms with Gasteiger partial charge in [-0.15, -0.1) is 0 Å². The molecular formula is C18H26N2O5. The molecule has 7 nitrogen and oxygen atoms in total. The number of rotatable bonds is 5. The first-order chi connectivity index (χ1) is 11.8. The Morgan fingerprint density at radius 2 is 2.04 bits per heavy atom. The Balaban J connectivity index is 2.02. The van der Waals surface area contributed by atoms with Gasteiger partial charge in [-0.3, -0.25) is 10.1 Å². The summed E-state index contributed by atoms with van der Waals surface area (Å²) in [6, 6.07) is 5.02. The second-order valence-corrected chi connectivity index (χ2v) is 6.93. The standard InChI is InChI=1S/C18H26N2O5/c1-18(2,3)25-17(22)20-14-10-12(7-8-15(14)23-4)19-16(21)11-13-6-5-9-24-13/h7-8,10,13H,5-6,9,11H2,1-4H3,(H,19,21)(H,20,22). The maximum atomic E-state index is 12.1. The Labute approximate surface area is 148 Å². The van der Waals surface area contributed by atoms with E-state index in [0.29, 0.717) is 30.2 Å². The molecule has 7 heteroatoms. The SMILES string of the molecule is COc1ccc(NC(=O)CC2CCCO2)cc1NC(=O)OC(C)(C)C. The summed E-state index contributed by atoms with van der Waals surface area (Å²) in [6.45, 7) is 6.06. The Kier molecular flexibility index (Phi) is 6.25. The number of anilines is 2. The molecule has 0 radical (unpaired) electrons. The van der Waals surface area contributed by atoms with E-state index in [-0.39, 0.29) is 12.0 Å². The lowest BCUT2D eigenvalue weighted by molar-refractivity contribution is -0.118. The van der Waals surface area contributed by atoms with Gasteiger partial charge in [0, 0.05) is 12.3 Å². The van der Waals surface area contributed by atoms with Gasteiger partial charge in [0.2, 0.25) is 5.91 Å². The van der Waals surface area contributed by atoms with Crippen LogP contribution in [0.25, 0.3) is 0 Å². The molecular weight excluding hydrogens is 324 g/mol. The third kappa shape index (κ3) is 6.26. The van der Waals surface area contributed by atoms with E-state index in [9.17, 15) is 9.59 Å². The minimum Gasteiger partial charge on any atom is -0.495 e. The zero-order chi connectivity index (χ0) is 18.4. The molecule has 1 aromatic rings. The smallest absolute Gasteiger partial charge is 0.412 e. The van der Waals surface area contributed by atoms with E-state index in [1.165, 1.54) is 7.11 Å². The quantitative estimate of drug-likeness (QED) is 0.848. The van der Waals surface area contributed by atoms with Crippen molar-refractivity contribution in [2.75, 3.05) is 24.4 Å². The van der Waals surface area contributed by atoms with Gasteiger partial charge in [0.15, 0.2) is 0 Å². The van der Waals surface area contributed by atoms with Crippen LogP contribution in [0.5, 0.6) is 5.75 Å².